The number of aromatic nitrogens is 1. The molecule has 18 heavy (non-hydrogen) atoms. The Morgan fingerprint density at radius 2 is 2.11 bits per heavy atom. The van der Waals surface area contributed by atoms with Gasteiger partial charge in [0.05, 0.1) is 12.6 Å². The molecule has 1 N–H and O–H groups in total. The summed E-state index contributed by atoms with van der Waals surface area (Å²) in [5.41, 5.74) is 0.791. The van der Waals surface area contributed by atoms with Crippen LogP contribution in [0.2, 0.25) is 0 Å². The summed E-state index contributed by atoms with van der Waals surface area (Å²) in [4.78, 5) is 22.8. The number of hydrogen-bond acceptors (Lipinski definition) is 3. The lowest BCUT2D eigenvalue weighted by molar-refractivity contribution is -0.137. The average molecular weight is 247 g/mol. The van der Waals surface area contributed by atoms with Crippen molar-refractivity contribution in [3.05, 3.63) is 40.2 Å². The molecule has 0 aliphatic heterocycles. The third kappa shape index (κ3) is 2.07. The topological polar surface area (TPSA) is 68.5 Å². The van der Waals surface area contributed by atoms with Crippen molar-refractivity contribution in [2.75, 3.05) is 7.11 Å². The first kappa shape index (κ1) is 12.2. The Morgan fingerprint density at radius 3 is 2.72 bits per heavy atom. The van der Waals surface area contributed by atoms with Crippen molar-refractivity contribution in [2.45, 2.75) is 13.5 Å². The van der Waals surface area contributed by atoms with E-state index in [0.29, 0.717) is 16.8 Å². The standard InChI is InChI=1S/C13H13NO4/c1-8-5-9-3-4-10(18-2)6-11(9)14(13(8)17)7-12(15)16/h3-6H,7H2,1-2H3,(H,15,16). The lowest BCUT2D eigenvalue weighted by Gasteiger charge is -2.10. The normalized spacial score (nSPS) is 10.6. The van der Waals surface area contributed by atoms with E-state index >= 15 is 0 Å². The van der Waals surface area contributed by atoms with Crippen molar-refractivity contribution in [2.24, 2.45) is 0 Å². The Bertz CT molecular complexity index is 672. The number of rotatable bonds is 3. The fourth-order valence-electron chi connectivity index (χ4n) is 1.92. The first-order valence-electron chi connectivity index (χ1n) is 5.43. The second-order valence-electron chi connectivity index (χ2n) is 4.04. The predicted octanol–water partition coefficient (Wildman–Crippen LogP) is 1.40. The van der Waals surface area contributed by atoms with E-state index in [9.17, 15) is 9.59 Å². The highest BCUT2D eigenvalue weighted by Gasteiger charge is 2.10. The van der Waals surface area contributed by atoms with Crippen LogP contribution in [0.3, 0.4) is 0 Å². The van der Waals surface area contributed by atoms with Crippen LogP contribution in [0.5, 0.6) is 5.75 Å². The van der Waals surface area contributed by atoms with Gasteiger partial charge in [-0.2, -0.15) is 0 Å². The van der Waals surface area contributed by atoms with Gasteiger partial charge in [-0.1, -0.05) is 0 Å². The average Bonchev–Trinajstić information content (AvgIpc) is 2.34. The maximum absolute atomic E-state index is 12.0. The van der Waals surface area contributed by atoms with E-state index in [-0.39, 0.29) is 12.1 Å². The van der Waals surface area contributed by atoms with E-state index < -0.39 is 5.97 Å². The van der Waals surface area contributed by atoms with E-state index in [1.807, 2.05) is 0 Å². The van der Waals surface area contributed by atoms with Crippen LogP contribution >= 0.6 is 0 Å². The van der Waals surface area contributed by atoms with Gasteiger partial charge in [0, 0.05) is 11.6 Å². The Balaban J connectivity index is 2.80. The summed E-state index contributed by atoms with van der Waals surface area (Å²) in [6, 6.07) is 6.99. The van der Waals surface area contributed by atoms with Crippen LogP contribution in [0, 0.1) is 6.92 Å². The molecule has 0 bridgehead atoms. The molecular formula is C13H13NO4. The zero-order valence-electron chi connectivity index (χ0n) is 10.1. The van der Waals surface area contributed by atoms with E-state index in [1.54, 1.807) is 31.2 Å². The van der Waals surface area contributed by atoms with Gasteiger partial charge in [0.1, 0.15) is 12.3 Å². The summed E-state index contributed by atoms with van der Waals surface area (Å²) in [5.74, 6) is -0.461. The summed E-state index contributed by atoms with van der Waals surface area (Å²) >= 11 is 0. The van der Waals surface area contributed by atoms with Crippen LogP contribution in [-0.2, 0) is 11.3 Å². The number of fused-ring (bicyclic) bond motifs is 1. The number of carboxylic acids is 1. The number of methoxy groups -OCH3 is 1. The molecule has 5 nitrogen and oxygen atoms in total. The molecular weight excluding hydrogens is 234 g/mol. The summed E-state index contributed by atoms with van der Waals surface area (Å²) in [6.07, 6.45) is 0. The summed E-state index contributed by atoms with van der Waals surface area (Å²) in [7, 11) is 1.52. The minimum absolute atomic E-state index is 0.293. The first-order valence-corrected chi connectivity index (χ1v) is 5.43. The van der Waals surface area contributed by atoms with Crippen LogP contribution in [0.1, 0.15) is 5.56 Å². The molecule has 0 aliphatic rings. The van der Waals surface area contributed by atoms with Gasteiger partial charge < -0.3 is 9.84 Å². The monoisotopic (exact) mass is 247 g/mol. The van der Waals surface area contributed by atoms with Crippen LogP contribution in [0.4, 0.5) is 0 Å². The number of nitrogens with zero attached hydrogens (tertiary/aromatic N) is 1. The molecule has 0 aliphatic carbocycles. The number of pyridine rings is 1. The lowest BCUT2D eigenvalue weighted by atomic mass is 10.1. The van der Waals surface area contributed by atoms with Crippen molar-refractivity contribution in [1.82, 2.24) is 4.57 Å². The number of aliphatic carboxylic acids is 1. The van der Waals surface area contributed by atoms with Gasteiger partial charge in [0.25, 0.3) is 5.56 Å². The molecule has 1 aromatic carbocycles. The van der Waals surface area contributed by atoms with Crippen LogP contribution in [0.25, 0.3) is 10.9 Å². The van der Waals surface area contributed by atoms with E-state index in [0.717, 1.165) is 5.39 Å². The molecule has 0 atom stereocenters. The fourth-order valence-corrected chi connectivity index (χ4v) is 1.92. The number of hydrogen-bond donors (Lipinski definition) is 1. The lowest BCUT2D eigenvalue weighted by Crippen LogP contribution is -2.26. The highest BCUT2D eigenvalue weighted by atomic mass is 16.5. The van der Waals surface area contributed by atoms with E-state index in [4.69, 9.17) is 9.84 Å². The number of carbonyl (C=O) groups is 1. The Morgan fingerprint density at radius 1 is 1.39 bits per heavy atom. The highest BCUT2D eigenvalue weighted by Crippen LogP contribution is 2.20. The van der Waals surface area contributed by atoms with Gasteiger partial charge in [-0.3, -0.25) is 14.2 Å². The van der Waals surface area contributed by atoms with Crippen molar-refractivity contribution >= 4 is 16.9 Å². The summed E-state index contributed by atoms with van der Waals surface area (Å²) in [5, 5.41) is 9.69. The maximum Gasteiger partial charge on any atom is 0.323 e. The van der Waals surface area contributed by atoms with Gasteiger partial charge in [0.15, 0.2) is 0 Å². The molecule has 2 rings (SSSR count). The zero-order valence-corrected chi connectivity index (χ0v) is 10.1. The third-order valence-corrected chi connectivity index (χ3v) is 2.78. The molecule has 0 unspecified atom stereocenters. The third-order valence-electron chi connectivity index (χ3n) is 2.78. The van der Waals surface area contributed by atoms with Gasteiger partial charge in [-0.05, 0) is 30.5 Å². The number of benzene rings is 1. The Labute approximate surface area is 103 Å². The number of aryl methyl sites for hydroxylation is 1. The molecule has 0 fully saturated rings. The molecule has 0 amide bonds. The summed E-state index contributed by atoms with van der Waals surface area (Å²) < 4.78 is 6.34. The van der Waals surface area contributed by atoms with Crippen molar-refractivity contribution in [3.8, 4) is 5.75 Å². The van der Waals surface area contributed by atoms with E-state index in [2.05, 4.69) is 0 Å². The minimum atomic E-state index is -1.05. The maximum atomic E-state index is 12.0. The van der Waals surface area contributed by atoms with Gasteiger partial charge in [-0.25, -0.2) is 0 Å². The van der Waals surface area contributed by atoms with Crippen LogP contribution in [0.15, 0.2) is 29.1 Å². The first-order chi connectivity index (χ1) is 8.52. The summed E-state index contributed by atoms with van der Waals surface area (Å²) in [6.45, 7) is 1.31. The largest absolute Gasteiger partial charge is 0.497 e. The van der Waals surface area contributed by atoms with Gasteiger partial charge in [-0.15, -0.1) is 0 Å². The zero-order chi connectivity index (χ0) is 13.3. The molecule has 0 saturated carbocycles. The number of carboxylic acid groups (broad SMARTS) is 1. The second kappa shape index (κ2) is 4.52. The van der Waals surface area contributed by atoms with Crippen molar-refractivity contribution in [3.63, 3.8) is 0 Å². The molecule has 0 spiro atoms. The number of ether oxygens (including phenoxy) is 1. The van der Waals surface area contributed by atoms with Gasteiger partial charge in [0.2, 0.25) is 0 Å². The molecule has 1 aromatic heterocycles. The Kier molecular flexibility index (Phi) is 3.06. The Hall–Kier alpha value is -2.30. The smallest absolute Gasteiger partial charge is 0.323 e. The minimum Gasteiger partial charge on any atom is -0.497 e. The van der Waals surface area contributed by atoms with E-state index in [1.165, 1.54) is 11.7 Å². The fraction of sp³-hybridized carbons (Fsp3) is 0.231. The van der Waals surface area contributed by atoms with Crippen LogP contribution in [-0.4, -0.2) is 22.8 Å². The second-order valence-corrected chi connectivity index (χ2v) is 4.04. The molecule has 5 heteroatoms. The SMILES string of the molecule is COc1ccc2cc(C)c(=O)n(CC(=O)O)c2c1. The van der Waals surface area contributed by atoms with Crippen molar-refractivity contribution < 1.29 is 14.6 Å². The predicted molar refractivity (Wildman–Crippen MR) is 67.1 cm³/mol. The van der Waals surface area contributed by atoms with Gasteiger partial charge >= 0.3 is 5.97 Å². The molecule has 0 saturated heterocycles. The van der Waals surface area contributed by atoms with Crippen molar-refractivity contribution in [1.29, 1.82) is 0 Å². The molecule has 0 radical (unpaired) electrons. The quantitative estimate of drug-likeness (QED) is 0.890. The van der Waals surface area contributed by atoms with Crippen LogP contribution < -0.4 is 10.3 Å². The molecule has 94 valence electrons. The highest BCUT2D eigenvalue weighted by molar-refractivity contribution is 5.82. The molecule has 1 heterocycles. The molecule has 2 aromatic rings.